The van der Waals surface area contributed by atoms with Crippen LogP contribution in [0.1, 0.15) is 30.9 Å². The van der Waals surface area contributed by atoms with E-state index in [9.17, 15) is 4.79 Å². The van der Waals surface area contributed by atoms with Crippen LogP contribution in [0.25, 0.3) is 0 Å². The molecule has 4 nitrogen and oxygen atoms in total. The van der Waals surface area contributed by atoms with Gasteiger partial charge < -0.3 is 16.0 Å². The number of nitrogens with zero attached hydrogens (tertiary/aromatic N) is 1. The third-order valence-electron chi connectivity index (χ3n) is 3.83. The van der Waals surface area contributed by atoms with Gasteiger partial charge in [-0.3, -0.25) is 0 Å². The van der Waals surface area contributed by atoms with E-state index in [4.69, 9.17) is 18.0 Å². The zero-order valence-corrected chi connectivity index (χ0v) is 12.8. The number of carbonyl (C=O) groups is 1. The number of urea groups is 1. The molecule has 1 fully saturated rings. The van der Waals surface area contributed by atoms with Gasteiger partial charge in [-0.1, -0.05) is 31.3 Å². The molecule has 1 aromatic carbocycles. The Hall–Kier alpha value is -1.62. The van der Waals surface area contributed by atoms with Gasteiger partial charge in [0.2, 0.25) is 0 Å². The number of rotatable bonds is 2. The van der Waals surface area contributed by atoms with Gasteiger partial charge in [-0.05, 0) is 37.3 Å². The predicted octanol–water partition coefficient (Wildman–Crippen LogP) is 2.89. The van der Waals surface area contributed by atoms with Crippen LogP contribution in [0.2, 0.25) is 0 Å². The molecule has 0 radical (unpaired) electrons. The van der Waals surface area contributed by atoms with Crippen LogP contribution in [0.3, 0.4) is 0 Å². The van der Waals surface area contributed by atoms with Gasteiger partial charge in [0.15, 0.2) is 0 Å². The first-order chi connectivity index (χ1) is 9.49. The van der Waals surface area contributed by atoms with Gasteiger partial charge in [-0.2, -0.15) is 0 Å². The van der Waals surface area contributed by atoms with Crippen LogP contribution in [0.4, 0.5) is 10.5 Å². The minimum atomic E-state index is -0.0694. The lowest BCUT2D eigenvalue weighted by Crippen LogP contribution is -2.40. The van der Waals surface area contributed by atoms with E-state index in [1.165, 1.54) is 0 Å². The maximum atomic E-state index is 12.3. The molecular formula is C15H21N3OS. The molecule has 20 heavy (non-hydrogen) atoms. The van der Waals surface area contributed by atoms with Crippen LogP contribution in [0, 0.1) is 12.8 Å². The molecule has 0 aliphatic carbocycles. The number of nitrogens with one attached hydrogen (secondary N) is 1. The van der Waals surface area contributed by atoms with Crippen molar-refractivity contribution >= 4 is 28.9 Å². The zero-order valence-electron chi connectivity index (χ0n) is 12.0. The first-order valence-corrected chi connectivity index (χ1v) is 7.35. The molecule has 0 saturated carbocycles. The molecule has 108 valence electrons. The van der Waals surface area contributed by atoms with Crippen molar-refractivity contribution in [2.45, 2.75) is 26.7 Å². The zero-order chi connectivity index (χ0) is 14.7. The van der Waals surface area contributed by atoms with E-state index in [1.54, 1.807) is 0 Å². The third kappa shape index (κ3) is 3.28. The average molecular weight is 291 g/mol. The molecule has 0 atom stereocenters. The summed E-state index contributed by atoms with van der Waals surface area (Å²) in [6, 6.07) is 5.60. The van der Waals surface area contributed by atoms with Crippen LogP contribution in [-0.2, 0) is 0 Å². The predicted molar refractivity (Wildman–Crippen MR) is 86.1 cm³/mol. The number of nitrogens with two attached hydrogens (primary N) is 1. The molecule has 2 rings (SSSR count). The molecule has 3 N–H and O–H groups in total. The van der Waals surface area contributed by atoms with Gasteiger partial charge in [0.1, 0.15) is 4.99 Å². The maximum absolute atomic E-state index is 12.3. The summed E-state index contributed by atoms with van der Waals surface area (Å²) in [6.45, 7) is 5.77. The maximum Gasteiger partial charge on any atom is 0.321 e. The second kappa shape index (κ2) is 6.22. The Labute approximate surface area is 125 Å². The number of hydrogen-bond donors (Lipinski definition) is 2. The second-order valence-electron chi connectivity index (χ2n) is 5.46. The van der Waals surface area contributed by atoms with Gasteiger partial charge in [-0.15, -0.1) is 0 Å². The van der Waals surface area contributed by atoms with Crippen molar-refractivity contribution in [2.24, 2.45) is 11.7 Å². The van der Waals surface area contributed by atoms with E-state index in [1.807, 2.05) is 30.0 Å². The van der Waals surface area contributed by atoms with Crippen molar-refractivity contribution in [3.63, 3.8) is 0 Å². The van der Waals surface area contributed by atoms with E-state index in [-0.39, 0.29) is 6.03 Å². The van der Waals surface area contributed by atoms with Crippen molar-refractivity contribution < 1.29 is 4.79 Å². The summed E-state index contributed by atoms with van der Waals surface area (Å²) in [5.41, 5.74) is 8.18. The third-order valence-corrected chi connectivity index (χ3v) is 4.04. The summed E-state index contributed by atoms with van der Waals surface area (Å²) >= 11 is 5.07. The Balaban J connectivity index is 2.12. The fourth-order valence-electron chi connectivity index (χ4n) is 2.50. The minimum Gasteiger partial charge on any atom is -0.389 e. The molecule has 1 heterocycles. The number of benzene rings is 1. The first kappa shape index (κ1) is 14.8. The summed E-state index contributed by atoms with van der Waals surface area (Å²) in [4.78, 5) is 14.5. The topological polar surface area (TPSA) is 58.4 Å². The van der Waals surface area contributed by atoms with E-state index in [0.29, 0.717) is 16.6 Å². The molecule has 1 aromatic rings. The average Bonchev–Trinajstić information content (AvgIpc) is 2.39. The molecule has 0 unspecified atom stereocenters. The summed E-state index contributed by atoms with van der Waals surface area (Å²) in [5, 5.41) is 2.94. The molecule has 0 aromatic heterocycles. The number of hydrogen-bond acceptors (Lipinski definition) is 2. The summed E-state index contributed by atoms with van der Waals surface area (Å²) in [5.74, 6) is 0.699. The monoisotopic (exact) mass is 291 g/mol. The van der Waals surface area contributed by atoms with Crippen molar-refractivity contribution in [1.29, 1.82) is 0 Å². The fraction of sp³-hybridized carbons (Fsp3) is 0.467. The lowest BCUT2D eigenvalue weighted by Gasteiger charge is -2.30. The van der Waals surface area contributed by atoms with Gasteiger partial charge in [-0.25, -0.2) is 4.79 Å². The van der Waals surface area contributed by atoms with Crippen LogP contribution < -0.4 is 11.1 Å². The number of amides is 2. The van der Waals surface area contributed by atoms with Crippen molar-refractivity contribution in [3.05, 3.63) is 29.3 Å². The van der Waals surface area contributed by atoms with Crippen LogP contribution in [0.5, 0.6) is 0 Å². The van der Waals surface area contributed by atoms with Crippen LogP contribution >= 0.6 is 12.2 Å². The Morgan fingerprint density at radius 3 is 2.65 bits per heavy atom. The van der Waals surface area contributed by atoms with Gasteiger partial charge in [0, 0.05) is 18.7 Å². The SMILES string of the molecule is Cc1cccc(NC(=O)N2CCC(C)CC2)c1C(N)=S. The standard InChI is InChI=1S/C15H21N3OS/c1-10-6-8-18(9-7-10)15(19)17-12-5-3-4-11(2)13(12)14(16)20/h3-5,10H,6-9H2,1-2H3,(H2,16,20)(H,17,19). The summed E-state index contributed by atoms with van der Waals surface area (Å²) in [6.07, 6.45) is 2.12. The quantitative estimate of drug-likeness (QED) is 0.824. The molecule has 1 aliphatic rings. The minimum absolute atomic E-state index is 0.0694. The van der Waals surface area contributed by atoms with E-state index in [2.05, 4.69) is 12.2 Å². The Bertz CT molecular complexity index is 522. The molecule has 1 aliphatic heterocycles. The first-order valence-electron chi connectivity index (χ1n) is 6.94. The fourth-order valence-corrected chi connectivity index (χ4v) is 2.78. The van der Waals surface area contributed by atoms with E-state index >= 15 is 0 Å². The molecular weight excluding hydrogens is 270 g/mol. The highest BCUT2D eigenvalue weighted by molar-refractivity contribution is 7.80. The Morgan fingerprint density at radius 2 is 2.05 bits per heavy atom. The van der Waals surface area contributed by atoms with Crippen LogP contribution in [-0.4, -0.2) is 29.0 Å². The second-order valence-corrected chi connectivity index (χ2v) is 5.90. The normalized spacial score (nSPS) is 16.0. The van der Waals surface area contributed by atoms with E-state index in [0.717, 1.165) is 37.1 Å². The van der Waals surface area contributed by atoms with Crippen molar-refractivity contribution in [1.82, 2.24) is 4.90 Å². The molecule has 2 amide bonds. The van der Waals surface area contributed by atoms with Crippen LogP contribution in [0.15, 0.2) is 18.2 Å². The Morgan fingerprint density at radius 1 is 1.40 bits per heavy atom. The number of piperidine rings is 1. The highest BCUT2D eigenvalue weighted by atomic mass is 32.1. The molecule has 0 spiro atoms. The largest absolute Gasteiger partial charge is 0.389 e. The highest BCUT2D eigenvalue weighted by Gasteiger charge is 2.21. The van der Waals surface area contributed by atoms with Gasteiger partial charge in [0.25, 0.3) is 0 Å². The Kier molecular flexibility index (Phi) is 4.60. The summed E-state index contributed by atoms with van der Waals surface area (Å²) < 4.78 is 0. The van der Waals surface area contributed by atoms with Gasteiger partial charge in [0.05, 0.1) is 5.69 Å². The highest BCUT2D eigenvalue weighted by Crippen LogP contribution is 2.21. The smallest absolute Gasteiger partial charge is 0.321 e. The number of likely N-dealkylation sites (tertiary alicyclic amines) is 1. The molecule has 0 bridgehead atoms. The number of aryl methyl sites for hydroxylation is 1. The number of anilines is 1. The van der Waals surface area contributed by atoms with Crippen molar-refractivity contribution in [3.8, 4) is 0 Å². The molecule has 1 saturated heterocycles. The summed E-state index contributed by atoms with van der Waals surface area (Å²) in [7, 11) is 0. The lowest BCUT2D eigenvalue weighted by atomic mass is 9.99. The van der Waals surface area contributed by atoms with Gasteiger partial charge >= 0.3 is 6.03 Å². The number of carbonyl (C=O) groups excluding carboxylic acids is 1. The van der Waals surface area contributed by atoms with E-state index < -0.39 is 0 Å². The number of thiocarbonyl (C=S) groups is 1. The molecule has 5 heteroatoms. The lowest BCUT2D eigenvalue weighted by molar-refractivity contribution is 0.186. The van der Waals surface area contributed by atoms with Crippen molar-refractivity contribution in [2.75, 3.05) is 18.4 Å².